The van der Waals surface area contributed by atoms with Crippen LogP contribution in [0.5, 0.6) is 0 Å². The van der Waals surface area contributed by atoms with Crippen LogP contribution in [-0.4, -0.2) is 25.0 Å². The van der Waals surface area contributed by atoms with Gasteiger partial charge in [0.1, 0.15) is 17.4 Å². The first-order valence-corrected chi connectivity index (χ1v) is 9.80. The minimum atomic E-state index is -0.131. The molecule has 0 aromatic carbocycles. The molecule has 0 spiro atoms. The van der Waals surface area contributed by atoms with E-state index in [9.17, 15) is 5.26 Å². The highest BCUT2D eigenvalue weighted by Crippen LogP contribution is 2.43. The van der Waals surface area contributed by atoms with Crippen molar-refractivity contribution in [3.63, 3.8) is 0 Å². The largest absolute Gasteiger partial charge is 0.440 e. The number of hydrogen-bond donors (Lipinski definition) is 1. The van der Waals surface area contributed by atoms with Crippen molar-refractivity contribution >= 4 is 28.7 Å². The van der Waals surface area contributed by atoms with Gasteiger partial charge in [0.2, 0.25) is 5.88 Å². The summed E-state index contributed by atoms with van der Waals surface area (Å²) in [6, 6.07) is 6.42. The van der Waals surface area contributed by atoms with E-state index in [2.05, 4.69) is 52.4 Å². The van der Waals surface area contributed by atoms with Crippen LogP contribution in [0.25, 0.3) is 6.08 Å². The number of hydrogen-bond acceptors (Lipinski definition) is 6. The van der Waals surface area contributed by atoms with Crippen LogP contribution in [0.4, 0.5) is 0 Å². The van der Waals surface area contributed by atoms with Crippen LogP contribution >= 0.6 is 22.7 Å². The maximum Gasteiger partial charge on any atom is 0.205 e. The van der Waals surface area contributed by atoms with Gasteiger partial charge >= 0.3 is 0 Å². The van der Waals surface area contributed by atoms with E-state index in [0.29, 0.717) is 5.57 Å². The maximum atomic E-state index is 9.65. The van der Waals surface area contributed by atoms with Gasteiger partial charge in [-0.05, 0) is 63.5 Å². The number of ether oxygens (including phenoxy) is 1. The van der Waals surface area contributed by atoms with Crippen molar-refractivity contribution < 1.29 is 4.74 Å². The van der Waals surface area contributed by atoms with Crippen LogP contribution in [0.3, 0.4) is 0 Å². The SMILES string of the molecule is CN1CC2=C(OC(N)=C(C#N)[C@@H]2c2ccsc2)/C(=C\c2ccsc2)C1. The zero-order valence-corrected chi connectivity index (χ0v) is 15.4. The van der Waals surface area contributed by atoms with Gasteiger partial charge in [-0.3, -0.25) is 4.90 Å². The lowest BCUT2D eigenvalue weighted by Gasteiger charge is -2.36. The zero-order chi connectivity index (χ0) is 17.4. The minimum absolute atomic E-state index is 0.131. The summed E-state index contributed by atoms with van der Waals surface area (Å²) in [6.07, 6.45) is 2.15. The summed E-state index contributed by atoms with van der Waals surface area (Å²) in [6.45, 7) is 1.55. The lowest BCUT2D eigenvalue weighted by molar-refractivity contribution is 0.251. The molecule has 4 rings (SSSR count). The fraction of sp³-hybridized carbons (Fsp3) is 0.211. The Labute approximate surface area is 154 Å². The van der Waals surface area contributed by atoms with Crippen molar-refractivity contribution in [3.8, 4) is 6.07 Å². The Balaban J connectivity index is 1.87. The normalized spacial score (nSPS) is 22.7. The van der Waals surface area contributed by atoms with E-state index in [0.717, 1.165) is 41.1 Å². The minimum Gasteiger partial charge on any atom is -0.440 e. The van der Waals surface area contributed by atoms with Gasteiger partial charge in [-0.25, -0.2) is 0 Å². The number of likely N-dealkylation sites (N-methyl/N-ethyl adjacent to an activating group) is 1. The Kier molecular flexibility index (Phi) is 4.22. The molecule has 2 N–H and O–H groups in total. The first kappa shape index (κ1) is 16.2. The predicted octanol–water partition coefficient (Wildman–Crippen LogP) is 3.90. The molecule has 6 heteroatoms. The number of nitrogens with zero attached hydrogens (tertiary/aromatic N) is 2. The molecule has 126 valence electrons. The highest BCUT2D eigenvalue weighted by atomic mass is 32.1. The molecule has 0 saturated heterocycles. The van der Waals surface area contributed by atoms with Crippen molar-refractivity contribution in [1.82, 2.24) is 4.90 Å². The summed E-state index contributed by atoms with van der Waals surface area (Å²) < 4.78 is 5.96. The van der Waals surface area contributed by atoms with Crippen molar-refractivity contribution in [2.24, 2.45) is 5.73 Å². The van der Waals surface area contributed by atoms with E-state index in [-0.39, 0.29) is 11.8 Å². The average Bonchev–Trinajstić information content (AvgIpc) is 3.28. The molecule has 0 bridgehead atoms. The Hall–Kier alpha value is -2.33. The molecule has 0 amide bonds. The van der Waals surface area contributed by atoms with Gasteiger partial charge in [0.15, 0.2) is 0 Å². The van der Waals surface area contributed by atoms with E-state index in [4.69, 9.17) is 10.5 Å². The summed E-state index contributed by atoms with van der Waals surface area (Å²) in [5, 5.41) is 17.9. The van der Waals surface area contributed by atoms with Crippen molar-refractivity contribution in [2.75, 3.05) is 20.1 Å². The predicted molar refractivity (Wildman–Crippen MR) is 102 cm³/mol. The molecule has 2 aliphatic rings. The van der Waals surface area contributed by atoms with Gasteiger partial charge in [-0.15, -0.1) is 0 Å². The summed E-state index contributed by atoms with van der Waals surface area (Å²) in [5.41, 5.74) is 11.1. The first-order valence-electron chi connectivity index (χ1n) is 7.91. The molecule has 25 heavy (non-hydrogen) atoms. The van der Waals surface area contributed by atoms with E-state index in [1.807, 2.05) is 5.38 Å². The summed E-state index contributed by atoms with van der Waals surface area (Å²) in [7, 11) is 2.09. The van der Waals surface area contributed by atoms with Crippen molar-refractivity contribution in [2.45, 2.75) is 5.92 Å². The van der Waals surface area contributed by atoms with E-state index in [1.54, 1.807) is 22.7 Å². The molecular formula is C19H17N3OS2. The molecule has 2 aromatic heterocycles. The fourth-order valence-corrected chi connectivity index (χ4v) is 4.72. The van der Waals surface area contributed by atoms with Gasteiger partial charge in [-0.1, -0.05) is 0 Å². The standard InChI is InChI=1S/C19H17N3OS2/c1-22-8-14(6-12-2-4-24-10-12)18-16(9-22)17(13-3-5-25-11-13)15(7-20)19(21)23-18/h2-6,10-11,17H,8-9,21H2,1H3/b14-6-/t17-/m0/s1. The molecule has 0 fully saturated rings. The van der Waals surface area contributed by atoms with Crippen LogP contribution in [0, 0.1) is 11.3 Å². The maximum absolute atomic E-state index is 9.65. The van der Waals surface area contributed by atoms with Gasteiger partial charge in [-0.2, -0.15) is 27.9 Å². The van der Waals surface area contributed by atoms with E-state index in [1.165, 1.54) is 0 Å². The third-order valence-corrected chi connectivity index (χ3v) is 5.86. The second-order valence-electron chi connectivity index (χ2n) is 6.23. The topological polar surface area (TPSA) is 62.3 Å². The Morgan fingerprint density at radius 3 is 2.76 bits per heavy atom. The van der Waals surface area contributed by atoms with Gasteiger partial charge < -0.3 is 10.5 Å². The molecular weight excluding hydrogens is 350 g/mol. The lowest BCUT2D eigenvalue weighted by Crippen LogP contribution is -2.35. The average molecular weight is 367 g/mol. The Bertz CT molecular complexity index is 915. The molecule has 0 saturated carbocycles. The molecule has 0 radical (unpaired) electrons. The number of nitriles is 1. The van der Waals surface area contributed by atoms with E-state index >= 15 is 0 Å². The number of allylic oxidation sites excluding steroid dienone is 1. The third kappa shape index (κ3) is 2.91. The molecule has 2 aromatic rings. The second-order valence-corrected chi connectivity index (χ2v) is 7.79. The van der Waals surface area contributed by atoms with Crippen LogP contribution in [0.15, 0.2) is 62.0 Å². The summed E-state index contributed by atoms with van der Waals surface area (Å²) >= 11 is 3.30. The number of nitrogens with two attached hydrogens (primary N) is 1. The lowest BCUT2D eigenvalue weighted by atomic mass is 9.81. The number of thiophene rings is 2. The third-order valence-electron chi connectivity index (χ3n) is 4.46. The number of rotatable bonds is 2. The van der Waals surface area contributed by atoms with Gasteiger partial charge in [0, 0.05) is 18.7 Å². The van der Waals surface area contributed by atoms with Gasteiger partial charge in [0.25, 0.3) is 0 Å². The molecule has 2 aliphatic heterocycles. The van der Waals surface area contributed by atoms with Crippen molar-refractivity contribution in [1.29, 1.82) is 5.26 Å². The molecule has 0 unspecified atom stereocenters. The van der Waals surface area contributed by atoms with Crippen molar-refractivity contribution in [3.05, 3.63) is 73.1 Å². The Morgan fingerprint density at radius 2 is 2.08 bits per heavy atom. The summed E-state index contributed by atoms with van der Waals surface area (Å²) in [4.78, 5) is 2.25. The molecule has 4 nitrogen and oxygen atoms in total. The summed E-state index contributed by atoms with van der Waals surface area (Å²) in [5.74, 6) is 0.920. The van der Waals surface area contributed by atoms with Crippen LogP contribution < -0.4 is 5.73 Å². The quantitative estimate of drug-likeness (QED) is 0.874. The monoisotopic (exact) mass is 367 g/mol. The van der Waals surface area contributed by atoms with Crippen LogP contribution in [-0.2, 0) is 4.74 Å². The fourth-order valence-electron chi connectivity index (χ4n) is 3.42. The molecule has 4 heterocycles. The highest BCUT2D eigenvalue weighted by molar-refractivity contribution is 7.08. The Morgan fingerprint density at radius 1 is 1.28 bits per heavy atom. The first-order chi connectivity index (χ1) is 12.2. The van der Waals surface area contributed by atoms with Gasteiger partial charge in [0.05, 0.1) is 5.92 Å². The second kappa shape index (κ2) is 6.52. The highest BCUT2D eigenvalue weighted by Gasteiger charge is 2.37. The molecule has 1 atom stereocenters. The van der Waals surface area contributed by atoms with Crippen LogP contribution in [0.1, 0.15) is 17.0 Å². The smallest absolute Gasteiger partial charge is 0.205 e. The van der Waals surface area contributed by atoms with E-state index < -0.39 is 0 Å². The molecule has 0 aliphatic carbocycles. The zero-order valence-electron chi connectivity index (χ0n) is 13.7. The van der Waals surface area contributed by atoms with Crippen LogP contribution in [0.2, 0.25) is 0 Å².